The molecule has 0 aliphatic rings. The molecule has 1 atom stereocenters. The number of nitrogens with two attached hydrogens (primary N) is 1. The maximum Gasteiger partial charge on any atom is 0.261 e. The summed E-state index contributed by atoms with van der Waals surface area (Å²) in [7, 11) is 0. The van der Waals surface area contributed by atoms with Crippen LogP contribution in [-0.2, 0) is 6.42 Å². The predicted octanol–water partition coefficient (Wildman–Crippen LogP) is 4.52. The Balaban J connectivity index is 1.94. The fourth-order valence-electron chi connectivity index (χ4n) is 2.13. The lowest BCUT2D eigenvalue weighted by Gasteiger charge is -2.10. The number of hydrogen-bond donors (Lipinski definition) is 1. The third-order valence-electron chi connectivity index (χ3n) is 3.04. The van der Waals surface area contributed by atoms with Crippen molar-refractivity contribution >= 4 is 34.5 Å². The molecule has 5 heteroatoms. The number of oxazole rings is 1. The Morgan fingerprint density at radius 3 is 2.86 bits per heavy atom. The Bertz CT molecular complexity index is 737. The molecule has 1 aromatic heterocycles. The Morgan fingerprint density at radius 2 is 2.10 bits per heavy atom. The van der Waals surface area contributed by atoms with Gasteiger partial charge in [-0.05, 0) is 54.9 Å². The van der Waals surface area contributed by atoms with E-state index in [4.69, 9.17) is 21.8 Å². The summed E-state index contributed by atoms with van der Waals surface area (Å²) < 4.78 is 5.75. The van der Waals surface area contributed by atoms with E-state index in [9.17, 15) is 0 Å². The molecule has 3 aromatic rings. The van der Waals surface area contributed by atoms with Crippen LogP contribution in [-0.4, -0.2) is 11.0 Å². The zero-order chi connectivity index (χ0) is 14.8. The summed E-state index contributed by atoms with van der Waals surface area (Å²) in [6.07, 6.45) is 0.791. The van der Waals surface area contributed by atoms with Crippen LogP contribution in [0.3, 0.4) is 0 Å². The number of benzene rings is 2. The molecule has 108 valence electrons. The molecule has 0 spiro atoms. The molecule has 0 saturated carbocycles. The lowest BCUT2D eigenvalue weighted by Crippen LogP contribution is -2.18. The monoisotopic (exact) mass is 318 g/mol. The second kappa shape index (κ2) is 6.10. The van der Waals surface area contributed by atoms with E-state index < -0.39 is 0 Å². The van der Waals surface area contributed by atoms with Crippen molar-refractivity contribution in [3.05, 3.63) is 53.1 Å². The molecule has 1 unspecified atom stereocenters. The van der Waals surface area contributed by atoms with E-state index in [0.717, 1.165) is 28.0 Å². The molecule has 0 radical (unpaired) electrons. The van der Waals surface area contributed by atoms with Gasteiger partial charge in [0.05, 0.1) is 0 Å². The lowest BCUT2D eigenvalue weighted by atomic mass is 10.1. The van der Waals surface area contributed by atoms with Crippen LogP contribution in [0.1, 0.15) is 12.5 Å². The summed E-state index contributed by atoms with van der Waals surface area (Å²) in [6, 6.07) is 13.6. The zero-order valence-electron chi connectivity index (χ0n) is 11.5. The SMILES string of the molecule is CC(N)Cc1ccc(Cl)cc1Sc1nc2ccccc2o1. The van der Waals surface area contributed by atoms with E-state index in [0.29, 0.717) is 10.2 Å². The van der Waals surface area contributed by atoms with Crippen LogP contribution in [0.4, 0.5) is 0 Å². The van der Waals surface area contributed by atoms with Crippen LogP contribution >= 0.6 is 23.4 Å². The molecule has 3 rings (SSSR count). The third kappa shape index (κ3) is 3.40. The minimum atomic E-state index is 0.0918. The molecule has 0 saturated heterocycles. The quantitative estimate of drug-likeness (QED) is 0.768. The van der Waals surface area contributed by atoms with Gasteiger partial charge in [-0.3, -0.25) is 0 Å². The first-order valence-electron chi connectivity index (χ1n) is 6.69. The highest BCUT2D eigenvalue weighted by atomic mass is 35.5. The van der Waals surface area contributed by atoms with Gasteiger partial charge in [0.1, 0.15) is 5.52 Å². The fraction of sp³-hybridized carbons (Fsp3) is 0.188. The van der Waals surface area contributed by atoms with Gasteiger partial charge in [-0.1, -0.05) is 29.8 Å². The lowest BCUT2D eigenvalue weighted by molar-refractivity contribution is 0.489. The predicted molar refractivity (Wildman–Crippen MR) is 86.9 cm³/mol. The van der Waals surface area contributed by atoms with Gasteiger partial charge < -0.3 is 10.2 Å². The average molecular weight is 319 g/mol. The molecule has 2 N–H and O–H groups in total. The molecule has 1 heterocycles. The van der Waals surface area contributed by atoms with Gasteiger partial charge >= 0.3 is 0 Å². The van der Waals surface area contributed by atoms with E-state index >= 15 is 0 Å². The molecular formula is C16H15ClN2OS. The number of halogens is 1. The van der Waals surface area contributed by atoms with E-state index in [1.807, 2.05) is 49.4 Å². The first-order valence-corrected chi connectivity index (χ1v) is 7.89. The first-order chi connectivity index (χ1) is 10.1. The smallest absolute Gasteiger partial charge is 0.261 e. The Hall–Kier alpha value is -1.49. The van der Waals surface area contributed by atoms with Crippen molar-refractivity contribution in [3.8, 4) is 0 Å². The molecule has 2 aromatic carbocycles. The van der Waals surface area contributed by atoms with Crippen LogP contribution in [0.5, 0.6) is 0 Å². The minimum Gasteiger partial charge on any atom is -0.431 e. The van der Waals surface area contributed by atoms with Crippen molar-refractivity contribution < 1.29 is 4.42 Å². The van der Waals surface area contributed by atoms with Crippen molar-refractivity contribution in [2.24, 2.45) is 5.73 Å². The summed E-state index contributed by atoms with van der Waals surface area (Å²) >= 11 is 7.58. The Kier molecular flexibility index (Phi) is 4.19. The zero-order valence-corrected chi connectivity index (χ0v) is 13.1. The summed E-state index contributed by atoms with van der Waals surface area (Å²) in [5.41, 5.74) is 8.70. The minimum absolute atomic E-state index is 0.0918. The van der Waals surface area contributed by atoms with Gasteiger partial charge in [-0.2, -0.15) is 0 Å². The highest BCUT2D eigenvalue weighted by Crippen LogP contribution is 2.34. The molecule has 0 aliphatic heterocycles. The van der Waals surface area contributed by atoms with Crippen LogP contribution in [0.2, 0.25) is 5.02 Å². The normalized spacial score (nSPS) is 12.7. The Morgan fingerprint density at radius 1 is 1.29 bits per heavy atom. The van der Waals surface area contributed by atoms with E-state index in [1.54, 1.807) is 0 Å². The molecule has 3 nitrogen and oxygen atoms in total. The second-order valence-electron chi connectivity index (χ2n) is 4.98. The molecule has 0 bridgehead atoms. The topological polar surface area (TPSA) is 52.0 Å². The van der Waals surface area contributed by atoms with Gasteiger partial charge in [-0.15, -0.1) is 0 Å². The third-order valence-corrected chi connectivity index (χ3v) is 4.23. The number of fused-ring (bicyclic) bond motifs is 1. The van der Waals surface area contributed by atoms with Crippen molar-refractivity contribution in [3.63, 3.8) is 0 Å². The standard InChI is InChI=1S/C16H15ClN2OS/c1-10(18)8-11-6-7-12(17)9-15(11)21-16-19-13-4-2-3-5-14(13)20-16/h2-7,9-10H,8,18H2,1H3. The van der Waals surface area contributed by atoms with Crippen LogP contribution in [0.15, 0.2) is 57.0 Å². The maximum absolute atomic E-state index is 6.10. The van der Waals surface area contributed by atoms with Crippen molar-refractivity contribution in [2.75, 3.05) is 0 Å². The summed E-state index contributed by atoms with van der Waals surface area (Å²) in [5.74, 6) is 0. The van der Waals surface area contributed by atoms with Gasteiger partial charge in [0, 0.05) is 16.0 Å². The highest BCUT2D eigenvalue weighted by Gasteiger charge is 2.12. The van der Waals surface area contributed by atoms with E-state index in [1.165, 1.54) is 11.8 Å². The number of nitrogens with zero attached hydrogens (tertiary/aromatic N) is 1. The van der Waals surface area contributed by atoms with Gasteiger partial charge in [0.25, 0.3) is 5.22 Å². The van der Waals surface area contributed by atoms with Crippen molar-refractivity contribution in [2.45, 2.75) is 29.5 Å². The summed E-state index contributed by atoms with van der Waals surface area (Å²) in [6.45, 7) is 1.99. The number of rotatable bonds is 4. The number of aromatic nitrogens is 1. The summed E-state index contributed by atoms with van der Waals surface area (Å²) in [5, 5.41) is 1.31. The van der Waals surface area contributed by atoms with Crippen molar-refractivity contribution in [1.29, 1.82) is 0 Å². The molecule has 0 amide bonds. The first kappa shape index (κ1) is 14.4. The molecule has 21 heavy (non-hydrogen) atoms. The maximum atomic E-state index is 6.10. The highest BCUT2D eigenvalue weighted by molar-refractivity contribution is 7.99. The van der Waals surface area contributed by atoms with Crippen LogP contribution in [0, 0.1) is 0 Å². The number of hydrogen-bond acceptors (Lipinski definition) is 4. The van der Waals surface area contributed by atoms with E-state index in [-0.39, 0.29) is 6.04 Å². The average Bonchev–Trinajstić information content (AvgIpc) is 2.83. The van der Waals surface area contributed by atoms with Gasteiger partial charge in [-0.25, -0.2) is 4.98 Å². The van der Waals surface area contributed by atoms with Crippen LogP contribution < -0.4 is 5.73 Å². The van der Waals surface area contributed by atoms with Gasteiger partial charge in [0.2, 0.25) is 0 Å². The van der Waals surface area contributed by atoms with Crippen LogP contribution in [0.25, 0.3) is 11.1 Å². The molecule has 0 fully saturated rings. The second-order valence-corrected chi connectivity index (χ2v) is 6.41. The van der Waals surface area contributed by atoms with Gasteiger partial charge in [0.15, 0.2) is 5.58 Å². The fourth-order valence-corrected chi connectivity index (χ4v) is 3.30. The van der Waals surface area contributed by atoms with Crippen molar-refractivity contribution in [1.82, 2.24) is 4.98 Å². The van der Waals surface area contributed by atoms with E-state index in [2.05, 4.69) is 4.98 Å². The largest absolute Gasteiger partial charge is 0.431 e. The molecule has 0 aliphatic carbocycles. The Labute approximate surface area is 132 Å². The summed E-state index contributed by atoms with van der Waals surface area (Å²) in [4.78, 5) is 5.51. The number of para-hydroxylation sites is 2. The molecular weight excluding hydrogens is 304 g/mol.